The SMILES string of the molecule is Cc1cccc2sc(N(CCCN(C)C)C(=O)c3ccc(S(=O)(=O)N4CCCCC4)cc3)nc12. The van der Waals surface area contributed by atoms with Crippen LogP contribution in [0.4, 0.5) is 5.13 Å². The molecule has 0 unspecified atom stereocenters. The van der Waals surface area contributed by atoms with Crippen molar-refractivity contribution >= 4 is 42.6 Å². The first-order chi connectivity index (χ1) is 16.3. The molecule has 2 heterocycles. The van der Waals surface area contributed by atoms with Crippen molar-refractivity contribution in [2.45, 2.75) is 37.5 Å². The van der Waals surface area contributed by atoms with E-state index in [1.54, 1.807) is 33.5 Å². The molecule has 7 nitrogen and oxygen atoms in total. The molecule has 0 spiro atoms. The summed E-state index contributed by atoms with van der Waals surface area (Å²) in [6.45, 7) is 4.51. The van der Waals surface area contributed by atoms with Gasteiger partial charge in [0, 0.05) is 25.2 Å². The summed E-state index contributed by atoms with van der Waals surface area (Å²) < 4.78 is 28.5. The summed E-state index contributed by atoms with van der Waals surface area (Å²) >= 11 is 1.51. The summed E-state index contributed by atoms with van der Waals surface area (Å²) in [5.41, 5.74) is 2.45. The molecular formula is C25H32N4O3S2. The van der Waals surface area contributed by atoms with E-state index >= 15 is 0 Å². The second-order valence-electron chi connectivity index (χ2n) is 9.02. The van der Waals surface area contributed by atoms with Gasteiger partial charge in [-0.1, -0.05) is 29.9 Å². The molecule has 0 N–H and O–H groups in total. The van der Waals surface area contributed by atoms with E-state index in [1.807, 2.05) is 39.2 Å². The lowest BCUT2D eigenvalue weighted by atomic mass is 10.2. The van der Waals surface area contributed by atoms with Gasteiger partial charge in [0.05, 0.1) is 15.1 Å². The van der Waals surface area contributed by atoms with E-state index in [2.05, 4.69) is 4.90 Å². The van der Waals surface area contributed by atoms with Crippen molar-refractivity contribution in [2.75, 3.05) is 45.2 Å². The number of hydrogen-bond donors (Lipinski definition) is 0. The maximum atomic E-state index is 13.6. The number of benzene rings is 2. The van der Waals surface area contributed by atoms with Crippen LogP contribution >= 0.6 is 11.3 Å². The van der Waals surface area contributed by atoms with Crippen LogP contribution in [-0.2, 0) is 10.0 Å². The van der Waals surface area contributed by atoms with Crippen LogP contribution in [0.5, 0.6) is 0 Å². The van der Waals surface area contributed by atoms with Gasteiger partial charge in [0.1, 0.15) is 0 Å². The Balaban J connectivity index is 1.60. The van der Waals surface area contributed by atoms with Crippen LogP contribution in [0.15, 0.2) is 47.4 Å². The maximum absolute atomic E-state index is 13.6. The summed E-state index contributed by atoms with van der Waals surface area (Å²) in [5, 5.41) is 0.665. The van der Waals surface area contributed by atoms with Gasteiger partial charge in [-0.2, -0.15) is 4.31 Å². The monoisotopic (exact) mass is 500 g/mol. The number of anilines is 1. The molecule has 1 fully saturated rings. The van der Waals surface area contributed by atoms with Crippen molar-refractivity contribution in [3.8, 4) is 0 Å². The first-order valence-electron chi connectivity index (χ1n) is 11.7. The molecule has 3 aromatic rings. The van der Waals surface area contributed by atoms with Crippen molar-refractivity contribution < 1.29 is 13.2 Å². The number of piperidine rings is 1. The predicted octanol–water partition coefficient (Wildman–Crippen LogP) is 4.38. The summed E-state index contributed by atoms with van der Waals surface area (Å²) in [4.78, 5) is 22.4. The third-order valence-corrected chi connectivity index (χ3v) is 9.08. The predicted molar refractivity (Wildman–Crippen MR) is 138 cm³/mol. The first kappa shape index (κ1) is 24.8. The Kier molecular flexibility index (Phi) is 7.67. The summed E-state index contributed by atoms with van der Waals surface area (Å²) in [6.07, 6.45) is 3.64. The molecule has 1 aromatic heterocycles. The summed E-state index contributed by atoms with van der Waals surface area (Å²) in [7, 11) is 0.487. The van der Waals surface area contributed by atoms with Gasteiger partial charge >= 0.3 is 0 Å². The zero-order chi connectivity index (χ0) is 24.3. The number of nitrogens with zero attached hydrogens (tertiary/aromatic N) is 4. The molecule has 0 saturated carbocycles. The molecule has 1 aliphatic heterocycles. The van der Waals surface area contributed by atoms with E-state index in [9.17, 15) is 13.2 Å². The number of hydrogen-bond acceptors (Lipinski definition) is 6. The van der Waals surface area contributed by atoms with Crippen molar-refractivity contribution in [1.29, 1.82) is 0 Å². The van der Waals surface area contributed by atoms with E-state index in [1.165, 1.54) is 11.3 Å². The van der Waals surface area contributed by atoms with Crippen LogP contribution in [-0.4, -0.2) is 68.8 Å². The van der Waals surface area contributed by atoms with E-state index < -0.39 is 10.0 Å². The van der Waals surface area contributed by atoms with Gasteiger partial charge in [-0.05, 0) is 82.7 Å². The lowest BCUT2D eigenvalue weighted by molar-refractivity contribution is 0.0986. The molecule has 0 radical (unpaired) electrons. The quantitative estimate of drug-likeness (QED) is 0.459. The van der Waals surface area contributed by atoms with Crippen LogP contribution in [0.25, 0.3) is 10.2 Å². The Hall–Kier alpha value is -2.33. The molecule has 0 atom stereocenters. The van der Waals surface area contributed by atoms with Crippen molar-refractivity contribution in [3.63, 3.8) is 0 Å². The maximum Gasteiger partial charge on any atom is 0.260 e. The van der Waals surface area contributed by atoms with Crippen molar-refractivity contribution in [3.05, 3.63) is 53.6 Å². The number of aromatic nitrogens is 1. The molecule has 9 heteroatoms. The van der Waals surface area contributed by atoms with Crippen LogP contribution in [0, 0.1) is 6.92 Å². The number of sulfonamides is 1. The number of rotatable bonds is 8. The highest BCUT2D eigenvalue weighted by atomic mass is 32.2. The molecule has 0 aliphatic carbocycles. The van der Waals surface area contributed by atoms with Gasteiger partial charge < -0.3 is 4.90 Å². The topological polar surface area (TPSA) is 73.8 Å². The fourth-order valence-corrected chi connectivity index (χ4v) is 6.78. The molecule has 182 valence electrons. The van der Waals surface area contributed by atoms with Crippen molar-refractivity contribution in [1.82, 2.24) is 14.2 Å². The second-order valence-corrected chi connectivity index (χ2v) is 12.0. The highest BCUT2D eigenvalue weighted by Crippen LogP contribution is 2.32. The molecule has 34 heavy (non-hydrogen) atoms. The van der Waals surface area contributed by atoms with Gasteiger partial charge in [-0.15, -0.1) is 0 Å². The standard InChI is InChI=1S/C25H32N4O3S2/c1-19-9-7-10-22-23(19)26-25(33-22)29(18-8-15-27(2)3)24(30)20-11-13-21(14-12-20)34(31,32)28-16-5-4-6-17-28/h7,9-14H,4-6,8,15-18H2,1-3H3. The van der Waals surface area contributed by atoms with Crippen LogP contribution in [0.2, 0.25) is 0 Å². The highest BCUT2D eigenvalue weighted by molar-refractivity contribution is 7.89. The Morgan fingerprint density at radius 2 is 1.74 bits per heavy atom. The minimum Gasteiger partial charge on any atom is -0.309 e. The van der Waals surface area contributed by atoms with E-state index in [-0.39, 0.29) is 10.8 Å². The van der Waals surface area contributed by atoms with Gasteiger partial charge in [0.25, 0.3) is 5.91 Å². The van der Waals surface area contributed by atoms with E-state index in [0.29, 0.717) is 30.3 Å². The van der Waals surface area contributed by atoms with Crippen LogP contribution in [0.1, 0.15) is 41.6 Å². The third kappa shape index (κ3) is 5.33. The van der Waals surface area contributed by atoms with Gasteiger partial charge in [0.15, 0.2) is 5.13 Å². The molecule has 0 bridgehead atoms. The Labute approximate surface area is 206 Å². The zero-order valence-electron chi connectivity index (χ0n) is 20.0. The van der Waals surface area contributed by atoms with Crippen LogP contribution < -0.4 is 4.90 Å². The normalized spacial score (nSPS) is 15.2. The first-order valence-corrected chi connectivity index (χ1v) is 14.0. The highest BCUT2D eigenvalue weighted by Gasteiger charge is 2.27. The fourth-order valence-electron chi connectivity index (χ4n) is 4.20. The van der Waals surface area contributed by atoms with E-state index in [0.717, 1.165) is 48.0 Å². The molecule has 1 aliphatic rings. The minimum absolute atomic E-state index is 0.169. The zero-order valence-corrected chi connectivity index (χ0v) is 21.7. The summed E-state index contributed by atoms with van der Waals surface area (Å²) in [6, 6.07) is 12.4. The third-order valence-electron chi connectivity index (χ3n) is 6.13. The molecule has 2 aromatic carbocycles. The smallest absolute Gasteiger partial charge is 0.260 e. The van der Waals surface area contributed by atoms with Gasteiger partial charge in [0.2, 0.25) is 10.0 Å². The number of para-hydroxylation sites is 1. The number of amides is 1. The van der Waals surface area contributed by atoms with Crippen molar-refractivity contribution in [2.24, 2.45) is 0 Å². The van der Waals surface area contributed by atoms with Crippen LogP contribution in [0.3, 0.4) is 0 Å². The molecule has 1 saturated heterocycles. The molecule has 1 amide bonds. The average Bonchev–Trinajstić information content (AvgIpc) is 3.27. The fraction of sp³-hybridized carbons (Fsp3) is 0.440. The van der Waals surface area contributed by atoms with E-state index in [4.69, 9.17) is 4.98 Å². The number of thiazole rings is 1. The Morgan fingerprint density at radius 1 is 1.03 bits per heavy atom. The molecule has 4 rings (SSSR count). The Bertz CT molecular complexity index is 1250. The summed E-state index contributed by atoms with van der Waals surface area (Å²) in [5.74, 6) is -0.169. The van der Waals surface area contributed by atoms with Gasteiger partial charge in [-0.3, -0.25) is 9.69 Å². The average molecular weight is 501 g/mol. The largest absolute Gasteiger partial charge is 0.309 e. The lowest BCUT2D eigenvalue weighted by Gasteiger charge is -2.26. The number of carbonyl (C=O) groups is 1. The minimum atomic E-state index is -3.53. The number of aryl methyl sites for hydroxylation is 1. The Morgan fingerprint density at radius 3 is 2.38 bits per heavy atom. The lowest BCUT2D eigenvalue weighted by Crippen LogP contribution is -2.35. The van der Waals surface area contributed by atoms with Gasteiger partial charge in [-0.25, -0.2) is 13.4 Å². The second kappa shape index (κ2) is 10.5. The molecular weight excluding hydrogens is 468 g/mol. The number of fused-ring (bicyclic) bond motifs is 1. The number of carbonyl (C=O) groups excluding carboxylic acids is 1.